The Morgan fingerprint density at radius 2 is 2.12 bits per heavy atom. The van der Waals surface area contributed by atoms with E-state index in [0.29, 0.717) is 6.42 Å². The summed E-state index contributed by atoms with van der Waals surface area (Å²) in [5.74, 6) is 0.867. The van der Waals surface area contributed by atoms with Crippen LogP contribution in [0.3, 0.4) is 0 Å². The van der Waals surface area contributed by atoms with Gasteiger partial charge < -0.3 is 4.74 Å². The first-order valence-corrected chi connectivity index (χ1v) is 5.82. The molecular formula is C13H15BrO2. The van der Waals surface area contributed by atoms with E-state index in [2.05, 4.69) is 15.9 Å². The minimum absolute atomic E-state index is 0.115. The number of hydrogen-bond donors (Lipinski definition) is 0. The maximum Gasteiger partial charge on any atom is 0.159 e. The molecule has 0 aromatic heterocycles. The lowest BCUT2D eigenvalue weighted by Crippen LogP contribution is -1.99. The molecule has 0 aliphatic carbocycles. The Bertz CT molecular complexity index is 418. The number of hydrogen-bond acceptors (Lipinski definition) is 2. The molecule has 0 saturated carbocycles. The summed E-state index contributed by atoms with van der Waals surface area (Å²) in [7, 11) is 1.61. The summed E-state index contributed by atoms with van der Waals surface area (Å²) >= 11 is 3.38. The van der Waals surface area contributed by atoms with Gasteiger partial charge in [0.1, 0.15) is 5.75 Å². The maximum absolute atomic E-state index is 11.6. The van der Waals surface area contributed by atoms with Crippen molar-refractivity contribution in [1.82, 2.24) is 0 Å². The van der Waals surface area contributed by atoms with Crippen molar-refractivity contribution in [3.05, 3.63) is 39.9 Å². The van der Waals surface area contributed by atoms with Crippen LogP contribution in [0, 0.1) is 0 Å². The van der Waals surface area contributed by atoms with Gasteiger partial charge in [0.25, 0.3) is 0 Å². The van der Waals surface area contributed by atoms with E-state index in [4.69, 9.17) is 4.74 Å². The standard InChI is InChI=1S/C13H15BrO2/c1-9(2)6-11(15)7-10-4-5-12(14)13(8-10)16-3/h4-6,8H,7H2,1-3H3. The van der Waals surface area contributed by atoms with E-state index in [1.54, 1.807) is 13.2 Å². The zero-order chi connectivity index (χ0) is 12.1. The van der Waals surface area contributed by atoms with E-state index in [1.807, 2.05) is 32.0 Å². The largest absolute Gasteiger partial charge is 0.496 e. The highest BCUT2D eigenvalue weighted by Crippen LogP contribution is 2.25. The number of benzene rings is 1. The Morgan fingerprint density at radius 3 is 2.69 bits per heavy atom. The minimum Gasteiger partial charge on any atom is -0.496 e. The third-order valence-corrected chi connectivity index (χ3v) is 2.70. The average molecular weight is 283 g/mol. The molecule has 0 fully saturated rings. The Labute approximate surface area is 104 Å². The first-order chi connectivity index (χ1) is 7.52. The summed E-state index contributed by atoms with van der Waals surface area (Å²) in [6, 6.07) is 5.69. The highest BCUT2D eigenvalue weighted by Gasteiger charge is 2.04. The smallest absolute Gasteiger partial charge is 0.159 e. The van der Waals surface area contributed by atoms with Crippen LogP contribution in [0.4, 0.5) is 0 Å². The molecule has 2 nitrogen and oxygen atoms in total. The van der Waals surface area contributed by atoms with Gasteiger partial charge in [0.2, 0.25) is 0 Å². The van der Waals surface area contributed by atoms with Crippen molar-refractivity contribution in [2.24, 2.45) is 0 Å². The molecule has 16 heavy (non-hydrogen) atoms. The summed E-state index contributed by atoms with van der Waals surface area (Å²) in [6.07, 6.45) is 2.07. The second kappa shape index (κ2) is 5.85. The molecule has 86 valence electrons. The predicted octanol–water partition coefficient (Wildman–Crippen LogP) is 3.54. The number of methoxy groups -OCH3 is 1. The number of ketones is 1. The molecule has 0 N–H and O–H groups in total. The number of halogens is 1. The normalized spacial score (nSPS) is 9.75. The lowest BCUT2D eigenvalue weighted by molar-refractivity contribution is -0.114. The number of carbonyl (C=O) groups is 1. The zero-order valence-corrected chi connectivity index (χ0v) is 11.3. The molecule has 0 amide bonds. The van der Waals surface area contributed by atoms with Crippen molar-refractivity contribution >= 4 is 21.7 Å². The molecule has 0 saturated heterocycles. The lowest BCUT2D eigenvalue weighted by Gasteiger charge is -2.05. The van der Waals surface area contributed by atoms with E-state index < -0.39 is 0 Å². The van der Waals surface area contributed by atoms with Crippen LogP contribution in [0.1, 0.15) is 19.4 Å². The molecule has 0 bridgehead atoms. The van der Waals surface area contributed by atoms with E-state index >= 15 is 0 Å². The third-order valence-electron chi connectivity index (χ3n) is 2.04. The Kier molecular flexibility index (Phi) is 4.74. The summed E-state index contributed by atoms with van der Waals surface area (Å²) in [4.78, 5) is 11.6. The Hall–Kier alpha value is -1.09. The number of ether oxygens (including phenoxy) is 1. The molecule has 0 atom stereocenters. The number of allylic oxidation sites excluding steroid dienone is 2. The molecule has 0 radical (unpaired) electrons. The molecule has 0 unspecified atom stereocenters. The molecule has 1 aromatic rings. The van der Waals surface area contributed by atoms with Crippen molar-refractivity contribution < 1.29 is 9.53 Å². The van der Waals surface area contributed by atoms with Crippen LogP contribution < -0.4 is 4.74 Å². The maximum atomic E-state index is 11.6. The van der Waals surface area contributed by atoms with Gasteiger partial charge in [-0.3, -0.25) is 4.79 Å². The Balaban J connectivity index is 2.82. The van der Waals surface area contributed by atoms with E-state index in [1.165, 1.54) is 0 Å². The lowest BCUT2D eigenvalue weighted by atomic mass is 10.1. The number of rotatable bonds is 4. The average Bonchev–Trinajstić information content (AvgIpc) is 2.19. The molecular weight excluding hydrogens is 268 g/mol. The van der Waals surface area contributed by atoms with Crippen molar-refractivity contribution in [1.29, 1.82) is 0 Å². The fourth-order valence-electron chi connectivity index (χ4n) is 1.39. The summed E-state index contributed by atoms with van der Waals surface area (Å²) < 4.78 is 6.07. The molecule has 0 heterocycles. The molecule has 0 aliphatic rings. The van der Waals surface area contributed by atoms with Crippen molar-refractivity contribution in [2.75, 3.05) is 7.11 Å². The summed E-state index contributed by atoms with van der Waals surface area (Å²) in [5.41, 5.74) is 1.98. The van der Waals surface area contributed by atoms with Crippen molar-refractivity contribution in [3.8, 4) is 5.75 Å². The quantitative estimate of drug-likeness (QED) is 0.790. The van der Waals surface area contributed by atoms with Crippen LogP contribution in [0.15, 0.2) is 34.3 Å². The van der Waals surface area contributed by atoms with Gasteiger partial charge in [0, 0.05) is 6.42 Å². The van der Waals surface area contributed by atoms with Gasteiger partial charge in [-0.2, -0.15) is 0 Å². The topological polar surface area (TPSA) is 26.3 Å². The van der Waals surface area contributed by atoms with E-state index in [9.17, 15) is 4.79 Å². The van der Waals surface area contributed by atoms with Gasteiger partial charge in [0.15, 0.2) is 5.78 Å². The van der Waals surface area contributed by atoms with Crippen LogP contribution in [0.5, 0.6) is 5.75 Å². The van der Waals surface area contributed by atoms with Crippen LogP contribution in [-0.2, 0) is 11.2 Å². The molecule has 1 aromatic carbocycles. The third kappa shape index (κ3) is 3.81. The van der Waals surface area contributed by atoms with Gasteiger partial charge in [-0.25, -0.2) is 0 Å². The van der Waals surface area contributed by atoms with Crippen molar-refractivity contribution in [3.63, 3.8) is 0 Å². The number of carbonyl (C=O) groups excluding carboxylic acids is 1. The fraction of sp³-hybridized carbons (Fsp3) is 0.308. The van der Waals surface area contributed by atoms with E-state index in [0.717, 1.165) is 21.4 Å². The molecule has 0 spiro atoms. The van der Waals surface area contributed by atoms with Crippen LogP contribution >= 0.6 is 15.9 Å². The SMILES string of the molecule is COc1cc(CC(=O)C=C(C)C)ccc1Br. The molecule has 3 heteroatoms. The summed E-state index contributed by atoms with van der Waals surface area (Å²) in [6.45, 7) is 3.83. The highest BCUT2D eigenvalue weighted by atomic mass is 79.9. The highest BCUT2D eigenvalue weighted by molar-refractivity contribution is 9.10. The second-order valence-corrected chi connectivity index (χ2v) is 4.69. The van der Waals surface area contributed by atoms with Gasteiger partial charge in [-0.15, -0.1) is 0 Å². The predicted molar refractivity (Wildman–Crippen MR) is 68.8 cm³/mol. The monoisotopic (exact) mass is 282 g/mol. The van der Waals surface area contributed by atoms with Crippen LogP contribution in [-0.4, -0.2) is 12.9 Å². The first-order valence-electron chi connectivity index (χ1n) is 5.03. The zero-order valence-electron chi connectivity index (χ0n) is 9.71. The van der Waals surface area contributed by atoms with Crippen LogP contribution in [0.2, 0.25) is 0 Å². The first kappa shape index (κ1) is 13.0. The Morgan fingerprint density at radius 1 is 1.44 bits per heavy atom. The van der Waals surface area contributed by atoms with Crippen LogP contribution in [0.25, 0.3) is 0 Å². The molecule has 1 rings (SSSR count). The van der Waals surface area contributed by atoms with Gasteiger partial charge in [0.05, 0.1) is 11.6 Å². The summed E-state index contributed by atoms with van der Waals surface area (Å²) in [5, 5.41) is 0. The van der Waals surface area contributed by atoms with E-state index in [-0.39, 0.29) is 5.78 Å². The molecule has 0 aliphatic heterocycles. The van der Waals surface area contributed by atoms with Gasteiger partial charge in [-0.05, 0) is 53.5 Å². The fourth-order valence-corrected chi connectivity index (χ4v) is 1.80. The van der Waals surface area contributed by atoms with Gasteiger partial charge in [-0.1, -0.05) is 11.6 Å². The van der Waals surface area contributed by atoms with Gasteiger partial charge >= 0.3 is 0 Å². The second-order valence-electron chi connectivity index (χ2n) is 3.83. The minimum atomic E-state index is 0.115. The van der Waals surface area contributed by atoms with Crippen molar-refractivity contribution in [2.45, 2.75) is 20.3 Å².